The van der Waals surface area contributed by atoms with Crippen molar-refractivity contribution < 1.29 is 14.3 Å². The summed E-state index contributed by atoms with van der Waals surface area (Å²) in [7, 11) is 0. The first-order valence-electron chi connectivity index (χ1n) is 13.6. The van der Waals surface area contributed by atoms with Gasteiger partial charge in [-0.1, -0.05) is 59.8 Å². The fourth-order valence-corrected chi connectivity index (χ4v) is 6.44. The van der Waals surface area contributed by atoms with Crippen molar-refractivity contribution in [3.8, 4) is 11.5 Å². The molecule has 11 heteroatoms. The van der Waals surface area contributed by atoms with Crippen LogP contribution in [0.2, 0.25) is 5.02 Å². The summed E-state index contributed by atoms with van der Waals surface area (Å²) in [4.78, 5) is 18.8. The minimum atomic E-state index is -0.599. The number of ether oxygens (including phenoxy) is 2. The van der Waals surface area contributed by atoms with Crippen LogP contribution in [0.5, 0.6) is 11.5 Å². The Hall–Kier alpha value is -3.47. The number of anilines is 2. The van der Waals surface area contributed by atoms with E-state index in [1.807, 2.05) is 88.4 Å². The van der Waals surface area contributed by atoms with Crippen molar-refractivity contribution in [2.24, 2.45) is 0 Å². The lowest BCUT2D eigenvalue weighted by atomic mass is 9.94. The number of carbonyl (C=O) groups is 1. The molecule has 8 nitrogen and oxygen atoms in total. The van der Waals surface area contributed by atoms with Gasteiger partial charge in [0.1, 0.15) is 6.04 Å². The normalized spacial score (nSPS) is 14.3. The van der Waals surface area contributed by atoms with Gasteiger partial charge in [-0.15, -0.1) is 5.10 Å². The molecule has 1 unspecified atom stereocenters. The Labute approximate surface area is 263 Å². The maximum atomic E-state index is 14.0. The summed E-state index contributed by atoms with van der Waals surface area (Å²) in [5, 5.41) is 12.5. The average Bonchev–Trinajstić information content (AvgIpc) is 3.37. The zero-order valence-electron chi connectivity index (χ0n) is 23.7. The molecule has 0 spiro atoms. The van der Waals surface area contributed by atoms with Gasteiger partial charge in [0.25, 0.3) is 5.91 Å². The van der Waals surface area contributed by atoms with Gasteiger partial charge < -0.3 is 20.1 Å². The highest BCUT2D eigenvalue weighted by Gasteiger charge is 2.35. The maximum Gasteiger partial charge on any atom is 0.255 e. The molecule has 0 fully saturated rings. The smallest absolute Gasteiger partial charge is 0.255 e. The van der Waals surface area contributed by atoms with E-state index in [0.29, 0.717) is 57.9 Å². The number of thioether (sulfide) groups is 1. The topological polar surface area (TPSA) is 90.3 Å². The number of aryl methyl sites for hydroxylation is 1. The second kappa shape index (κ2) is 13.2. The van der Waals surface area contributed by atoms with E-state index >= 15 is 0 Å². The van der Waals surface area contributed by atoms with E-state index in [1.165, 1.54) is 11.8 Å². The van der Waals surface area contributed by atoms with E-state index in [9.17, 15) is 4.79 Å². The van der Waals surface area contributed by atoms with Crippen LogP contribution < -0.4 is 20.1 Å². The lowest BCUT2D eigenvalue weighted by molar-refractivity contribution is -0.113. The van der Waals surface area contributed by atoms with Gasteiger partial charge in [-0.3, -0.25) is 4.79 Å². The fraction of sp³-hybridized carbons (Fsp3) is 0.258. The Morgan fingerprint density at radius 1 is 1.10 bits per heavy atom. The minimum Gasteiger partial charge on any atom is -0.490 e. The predicted molar refractivity (Wildman–Crippen MR) is 172 cm³/mol. The first-order valence-corrected chi connectivity index (χ1v) is 15.7. The number of benzene rings is 3. The van der Waals surface area contributed by atoms with Crippen molar-refractivity contribution in [1.29, 1.82) is 0 Å². The number of rotatable bonds is 10. The molecule has 42 heavy (non-hydrogen) atoms. The SMILES string of the molecule is CCOc1cc(C2C(C(=O)Nc3ccccc3C)=C(C)Nc3nc(SCc4ccccc4Cl)nn32)cc(Br)c1OCC. The summed E-state index contributed by atoms with van der Waals surface area (Å²) in [6, 6.07) is 18.7. The van der Waals surface area contributed by atoms with Crippen LogP contribution in [0.4, 0.5) is 11.6 Å². The van der Waals surface area contributed by atoms with Crippen LogP contribution in [0.1, 0.15) is 43.5 Å². The molecule has 1 aliphatic heterocycles. The van der Waals surface area contributed by atoms with E-state index in [4.69, 9.17) is 31.2 Å². The van der Waals surface area contributed by atoms with Gasteiger partial charge in [0.15, 0.2) is 11.5 Å². The predicted octanol–water partition coefficient (Wildman–Crippen LogP) is 8.02. The highest BCUT2D eigenvalue weighted by Crippen LogP contribution is 2.43. The van der Waals surface area contributed by atoms with Crippen molar-refractivity contribution in [1.82, 2.24) is 14.8 Å². The zero-order valence-corrected chi connectivity index (χ0v) is 26.9. The second-order valence-corrected chi connectivity index (χ2v) is 11.8. The molecule has 5 rings (SSSR count). The van der Waals surface area contributed by atoms with Crippen molar-refractivity contribution in [3.63, 3.8) is 0 Å². The molecular formula is C31H31BrClN5O3S. The van der Waals surface area contributed by atoms with E-state index in [0.717, 1.165) is 26.9 Å². The molecule has 0 aliphatic carbocycles. The van der Waals surface area contributed by atoms with Crippen molar-refractivity contribution in [2.75, 3.05) is 23.8 Å². The number of amides is 1. The van der Waals surface area contributed by atoms with Crippen LogP contribution in [-0.4, -0.2) is 33.9 Å². The molecule has 1 atom stereocenters. The van der Waals surface area contributed by atoms with E-state index in [2.05, 4.69) is 26.6 Å². The summed E-state index contributed by atoms with van der Waals surface area (Å²) in [5.41, 5.74) is 4.68. The van der Waals surface area contributed by atoms with Crippen molar-refractivity contribution in [3.05, 3.63) is 98.1 Å². The summed E-state index contributed by atoms with van der Waals surface area (Å²) >= 11 is 11.5. The first kappa shape index (κ1) is 30.0. The molecule has 0 radical (unpaired) electrons. The molecule has 3 aromatic carbocycles. The number of aromatic nitrogens is 3. The van der Waals surface area contributed by atoms with Crippen LogP contribution in [0.15, 0.2) is 81.6 Å². The number of para-hydroxylation sites is 1. The molecule has 1 aromatic heterocycles. The Balaban J connectivity index is 1.58. The average molecular weight is 669 g/mol. The van der Waals surface area contributed by atoms with Gasteiger partial charge in [0.2, 0.25) is 11.1 Å². The minimum absolute atomic E-state index is 0.242. The number of nitrogens with one attached hydrogen (secondary N) is 2. The number of allylic oxidation sites excluding steroid dienone is 1. The molecule has 4 aromatic rings. The zero-order chi connectivity index (χ0) is 29.8. The third-order valence-corrected chi connectivity index (χ3v) is 8.57. The Morgan fingerprint density at radius 3 is 2.57 bits per heavy atom. The first-order chi connectivity index (χ1) is 20.3. The van der Waals surface area contributed by atoms with Crippen LogP contribution in [-0.2, 0) is 10.5 Å². The summed E-state index contributed by atoms with van der Waals surface area (Å²) in [6.07, 6.45) is 0. The lowest BCUT2D eigenvalue weighted by Crippen LogP contribution is -2.31. The third kappa shape index (κ3) is 6.30. The summed E-state index contributed by atoms with van der Waals surface area (Å²) in [5.74, 6) is 2.08. The molecule has 0 saturated heterocycles. The van der Waals surface area contributed by atoms with Gasteiger partial charge in [0, 0.05) is 22.2 Å². The number of halogens is 2. The number of hydrogen-bond acceptors (Lipinski definition) is 7. The highest BCUT2D eigenvalue weighted by atomic mass is 79.9. The molecule has 0 bridgehead atoms. The van der Waals surface area contributed by atoms with Gasteiger partial charge >= 0.3 is 0 Å². The fourth-order valence-electron chi connectivity index (χ4n) is 4.75. The standard InChI is InChI=1S/C31H31BrClN5O3S/c1-5-40-25-16-21(15-22(32)28(25)41-6-2)27-26(29(39)35-24-14-10-7-11-18(24)3)19(4)34-30-36-31(37-38(27)30)42-17-20-12-8-9-13-23(20)33/h7-16,27H,5-6,17H2,1-4H3,(H,35,39)(H,34,36,37). The number of fused-ring (bicyclic) bond motifs is 1. The van der Waals surface area contributed by atoms with Gasteiger partial charge in [-0.2, -0.15) is 4.98 Å². The number of nitrogens with zero attached hydrogens (tertiary/aromatic N) is 3. The van der Waals surface area contributed by atoms with Gasteiger partial charge in [-0.05, 0) is 84.6 Å². The maximum absolute atomic E-state index is 14.0. The molecular weight excluding hydrogens is 638 g/mol. The lowest BCUT2D eigenvalue weighted by Gasteiger charge is -2.29. The van der Waals surface area contributed by atoms with Gasteiger partial charge in [-0.25, -0.2) is 4.68 Å². The Kier molecular flexibility index (Phi) is 9.45. The van der Waals surface area contributed by atoms with Crippen LogP contribution in [0.3, 0.4) is 0 Å². The van der Waals surface area contributed by atoms with E-state index in [1.54, 1.807) is 4.68 Å². The highest BCUT2D eigenvalue weighted by molar-refractivity contribution is 9.10. The number of carbonyl (C=O) groups excluding carboxylic acids is 1. The quantitative estimate of drug-likeness (QED) is 0.166. The molecule has 2 heterocycles. The molecule has 2 N–H and O–H groups in total. The van der Waals surface area contributed by atoms with Crippen LogP contribution >= 0.6 is 39.3 Å². The molecule has 218 valence electrons. The van der Waals surface area contributed by atoms with Gasteiger partial charge in [0.05, 0.1) is 23.3 Å². The summed E-state index contributed by atoms with van der Waals surface area (Å²) in [6.45, 7) is 8.62. The van der Waals surface area contributed by atoms with Crippen molar-refractivity contribution in [2.45, 2.75) is 44.6 Å². The van der Waals surface area contributed by atoms with E-state index in [-0.39, 0.29) is 5.91 Å². The monoisotopic (exact) mass is 667 g/mol. The summed E-state index contributed by atoms with van der Waals surface area (Å²) < 4.78 is 14.3. The van der Waals surface area contributed by atoms with Crippen LogP contribution in [0.25, 0.3) is 0 Å². The van der Waals surface area contributed by atoms with Crippen molar-refractivity contribution >= 4 is 56.8 Å². The Bertz CT molecular complexity index is 1660. The molecule has 0 saturated carbocycles. The largest absolute Gasteiger partial charge is 0.490 e. The Morgan fingerprint density at radius 2 is 1.83 bits per heavy atom. The second-order valence-electron chi connectivity index (χ2n) is 9.57. The number of hydrogen-bond donors (Lipinski definition) is 2. The van der Waals surface area contributed by atoms with E-state index < -0.39 is 6.04 Å². The molecule has 1 aliphatic rings. The molecule has 1 amide bonds. The third-order valence-electron chi connectivity index (χ3n) is 6.72. The van der Waals surface area contributed by atoms with Crippen LogP contribution in [0, 0.1) is 6.92 Å².